The van der Waals surface area contributed by atoms with Crippen LogP contribution in [0.4, 0.5) is 0 Å². The van der Waals surface area contributed by atoms with Gasteiger partial charge < -0.3 is 15.6 Å². The molecular formula is C11H16BrNO2. The second-order valence-corrected chi connectivity index (χ2v) is 4.36. The average molecular weight is 274 g/mol. The molecule has 0 radical (unpaired) electrons. The topological polar surface area (TPSA) is 55.5 Å². The highest BCUT2D eigenvalue weighted by Crippen LogP contribution is 2.35. The van der Waals surface area contributed by atoms with Crippen LogP contribution in [0, 0.1) is 0 Å². The van der Waals surface area contributed by atoms with Crippen LogP contribution in [0.25, 0.3) is 0 Å². The Kier molecular flexibility index (Phi) is 4.42. The monoisotopic (exact) mass is 273 g/mol. The minimum absolute atomic E-state index is 0.131. The highest BCUT2D eigenvalue weighted by Gasteiger charge is 2.10. The molecule has 3 nitrogen and oxygen atoms in total. The highest BCUT2D eigenvalue weighted by atomic mass is 79.9. The Labute approximate surface area is 98.4 Å². The van der Waals surface area contributed by atoms with Gasteiger partial charge in [-0.1, -0.05) is 6.92 Å². The number of aromatic hydroxyl groups is 1. The van der Waals surface area contributed by atoms with Crippen LogP contribution in [-0.2, 0) is 6.42 Å². The first-order valence-corrected chi connectivity index (χ1v) is 5.68. The third-order valence-electron chi connectivity index (χ3n) is 2.33. The van der Waals surface area contributed by atoms with Crippen molar-refractivity contribution < 1.29 is 9.84 Å². The van der Waals surface area contributed by atoms with E-state index in [0.717, 1.165) is 18.4 Å². The number of nitrogens with two attached hydrogens (primary N) is 1. The van der Waals surface area contributed by atoms with Crippen molar-refractivity contribution in [2.24, 2.45) is 5.73 Å². The van der Waals surface area contributed by atoms with Gasteiger partial charge in [0, 0.05) is 6.04 Å². The van der Waals surface area contributed by atoms with Crippen LogP contribution in [-0.4, -0.2) is 18.3 Å². The molecule has 0 saturated carbocycles. The van der Waals surface area contributed by atoms with Crippen molar-refractivity contribution in [2.45, 2.75) is 25.8 Å². The van der Waals surface area contributed by atoms with Gasteiger partial charge in [0.05, 0.1) is 11.6 Å². The zero-order chi connectivity index (χ0) is 11.4. The third kappa shape index (κ3) is 3.11. The Morgan fingerprint density at radius 1 is 1.53 bits per heavy atom. The van der Waals surface area contributed by atoms with E-state index in [1.54, 1.807) is 0 Å². The van der Waals surface area contributed by atoms with Crippen molar-refractivity contribution in [3.63, 3.8) is 0 Å². The van der Waals surface area contributed by atoms with E-state index in [9.17, 15) is 5.11 Å². The van der Waals surface area contributed by atoms with Crippen molar-refractivity contribution in [1.29, 1.82) is 0 Å². The summed E-state index contributed by atoms with van der Waals surface area (Å²) < 4.78 is 5.70. The highest BCUT2D eigenvalue weighted by molar-refractivity contribution is 9.10. The van der Waals surface area contributed by atoms with Crippen LogP contribution in [0.3, 0.4) is 0 Å². The van der Waals surface area contributed by atoms with Gasteiger partial charge >= 0.3 is 0 Å². The van der Waals surface area contributed by atoms with Gasteiger partial charge in [0.1, 0.15) is 0 Å². The first-order valence-electron chi connectivity index (χ1n) is 4.89. The molecule has 4 heteroatoms. The average Bonchev–Trinajstić information content (AvgIpc) is 2.22. The maximum Gasteiger partial charge on any atom is 0.172 e. The molecule has 1 aromatic rings. The third-order valence-corrected chi connectivity index (χ3v) is 2.93. The zero-order valence-corrected chi connectivity index (χ0v) is 10.5. The number of phenolic OH excluding ortho intramolecular Hbond substituents is 1. The molecule has 1 rings (SSSR count). The lowest BCUT2D eigenvalue weighted by molar-refractivity contribution is 0.371. The van der Waals surface area contributed by atoms with Gasteiger partial charge in [-0.3, -0.25) is 0 Å². The maximum absolute atomic E-state index is 9.61. The number of phenols is 1. The molecule has 0 amide bonds. The number of methoxy groups -OCH3 is 1. The standard InChI is InChI=1S/C11H16BrNO2/c1-3-8(13)4-7-5-9(12)11(14)10(6-7)15-2/h5-6,8,14H,3-4,13H2,1-2H3. The zero-order valence-electron chi connectivity index (χ0n) is 8.96. The predicted octanol–water partition coefficient (Wildman–Crippen LogP) is 2.44. The van der Waals surface area contributed by atoms with Crippen LogP contribution in [0.5, 0.6) is 11.5 Å². The van der Waals surface area contributed by atoms with E-state index in [-0.39, 0.29) is 11.8 Å². The van der Waals surface area contributed by atoms with Gasteiger partial charge in [-0.05, 0) is 46.5 Å². The fraction of sp³-hybridized carbons (Fsp3) is 0.455. The summed E-state index contributed by atoms with van der Waals surface area (Å²) in [6, 6.07) is 3.83. The van der Waals surface area contributed by atoms with Crippen LogP contribution in [0.1, 0.15) is 18.9 Å². The number of rotatable bonds is 4. The number of halogens is 1. The normalized spacial score (nSPS) is 12.5. The summed E-state index contributed by atoms with van der Waals surface area (Å²) in [5, 5.41) is 9.61. The lowest BCUT2D eigenvalue weighted by Gasteiger charge is -2.12. The number of hydrogen-bond acceptors (Lipinski definition) is 3. The molecule has 0 aliphatic carbocycles. The Hall–Kier alpha value is -0.740. The summed E-state index contributed by atoms with van der Waals surface area (Å²) in [5.74, 6) is 0.606. The quantitative estimate of drug-likeness (QED) is 0.886. The summed E-state index contributed by atoms with van der Waals surface area (Å²) in [7, 11) is 1.53. The Morgan fingerprint density at radius 2 is 2.20 bits per heavy atom. The van der Waals surface area contributed by atoms with Crippen molar-refractivity contribution in [3.05, 3.63) is 22.2 Å². The summed E-state index contributed by atoms with van der Waals surface area (Å²) in [4.78, 5) is 0. The van der Waals surface area contributed by atoms with Crippen molar-refractivity contribution in [3.8, 4) is 11.5 Å². The van der Waals surface area contributed by atoms with Gasteiger partial charge in [-0.15, -0.1) is 0 Å². The van der Waals surface area contributed by atoms with E-state index in [0.29, 0.717) is 10.2 Å². The molecule has 0 aromatic heterocycles. The molecule has 0 heterocycles. The molecule has 0 aliphatic heterocycles. The van der Waals surface area contributed by atoms with Gasteiger partial charge in [-0.2, -0.15) is 0 Å². The molecule has 0 aliphatic rings. The Bertz CT molecular complexity index is 342. The largest absolute Gasteiger partial charge is 0.503 e. The van der Waals surface area contributed by atoms with E-state index in [1.807, 2.05) is 12.1 Å². The van der Waals surface area contributed by atoms with Crippen LogP contribution >= 0.6 is 15.9 Å². The molecule has 1 aromatic carbocycles. The van der Waals surface area contributed by atoms with E-state index < -0.39 is 0 Å². The van der Waals surface area contributed by atoms with Gasteiger partial charge in [0.15, 0.2) is 11.5 Å². The van der Waals surface area contributed by atoms with Crippen LogP contribution in [0.15, 0.2) is 16.6 Å². The fourth-order valence-corrected chi connectivity index (χ4v) is 1.84. The Balaban J connectivity index is 2.95. The lowest BCUT2D eigenvalue weighted by Crippen LogP contribution is -2.21. The minimum Gasteiger partial charge on any atom is -0.503 e. The molecule has 0 bridgehead atoms. The predicted molar refractivity (Wildman–Crippen MR) is 64.3 cm³/mol. The van der Waals surface area contributed by atoms with Gasteiger partial charge in [0.25, 0.3) is 0 Å². The van der Waals surface area contributed by atoms with E-state index in [2.05, 4.69) is 22.9 Å². The molecule has 1 unspecified atom stereocenters. The molecule has 15 heavy (non-hydrogen) atoms. The number of benzene rings is 1. The summed E-state index contributed by atoms with van der Waals surface area (Å²) in [6.45, 7) is 2.05. The van der Waals surface area contributed by atoms with Gasteiger partial charge in [0.2, 0.25) is 0 Å². The molecule has 0 saturated heterocycles. The smallest absolute Gasteiger partial charge is 0.172 e. The summed E-state index contributed by atoms with van der Waals surface area (Å²) >= 11 is 3.28. The lowest BCUT2D eigenvalue weighted by atomic mass is 10.0. The van der Waals surface area contributed by atoms with Crippen LogP contribution < -0.4 is 10.5 Å². The molecular weight excluding hydrogens is 258 g/mol. The second kappa shape index (κ2) is 5.37. The minimum atomic E-state index is 0.131. The van der Waals surface area contributed by atoms with E-state index in [4.69, 9.17) is 10.5 Å². The van der Waals surface area contributed by atoms with Crippen LogP contribution in [0.2, 0.25) is 0 Å². The van der Waals surface area contributed by atoms with E-state index in [1.165, 1.54) is 7.11 Å². The maximum atomic E-state index is 9.61. The summed E-state index contributed by atoms with van der Waals surface area (Å²) in [5.41, 5.74) is 6.93. The molecule has 0 fully saturated rings. The first kappa shape index (κ1) is 12.3. The molecule has 84 valence electrons. The first-order chi connectivity index (χ1) is 7.08. The summed E-state index contributed by atoms with van der Waals surface area (Å²) in [6.07, 6.45) is 1.71. The number of hydrogen-bond donors (Lipinski definition) is 2. The second-order valence-electron chi connectivity index (χ2n) is 3.50. The SMILES string of the molecule is CCC(N)Cc1cc(Br)c(O)c(OC)c1. The van der Waals surface area contributed by atoms with E-state index >= 15 is 0 Å². The molecule has 1 atom stereocenters. The van der Waals surface area contributed by atoms with Crippen molar-refractivity contribution in [1.82, 2.24) is 0 Å². The Morgan fingerprint density at radius 3 is 2.73 bits per heavy atom. The fourth-order valence-electron chi connectivity index (χ4n) is 1.35. The number of ether oxygens (including phenoxy) is 1. The molecule has 0 spiro atoms. The van der Waals surface area contributed by atoms with Crippen molar-refractivity contribution in [2.75, 3.05) is 7.11 Å². The molecule has 3 N–H and O–H groups in total. The van der Waals surface area contributed by atoms with Crippen molar-refractivity contribution >= 4 is 15.9 Å². The van der Waals surface area contributed by atoms with Gasteiger partial charge in [-0.25, -0.2) is 0 Å².